The number of nitrogens with one attached hydrogen (secondary N) is 1. The van der Waals surface area contributed by atoms with Gasteiger partial charge in [-0.15, -0.1) is 0 Å². The maximum atomic E-state index is 13.1. The summed E-state index contributed by atoms with van der Waals surface area (Å²) in [6, 6.07) is 8.17. The van der Waals surface area contributed by atoms with Crippen LogP contribution in [0.5, 0.6) is 17.2 Å². The van der Waals surface area contributed by atoms with E-state index >= 15 is 0 Å². The number of hydrogen-bond donors (Lipinski definition) is 1. The molecule has 0 aliphatic carbocycles. The van der Waals surface area contributed by atoms with E-state index in [-0.39, 0.29) is 28.5 Å². The topological polar surface area (TPSA) is 56.8 Å². The first-order valence-corrected chi connectivity index (χ1v) is 7.95. The molecule has 152 valence electrons. The molecule has 0 heterocycles. The number of benzene rings is 2. The molecule has 0 saturated heterocycles. The van der Waals surface area contributed by atoms with Crippen molar-refractivity contribution in [3.63, 3.8) is 0 Å². The van der Waals surface area contributed by atoms with Crippen LogP contribution in [0.1, 0.15) is 10.4 Å². The Morgan fingerprint density at radius 3 is 2.25 bits per heavy atom. The van der Waals surface area contributed by atoms with E-state index in [1.807, 2.05) is 0 Å². The molecule has 0 fully saturated rings. The fraction of sp³-hybridized carbons (Fsp3) is 0.235. The summed E-state index contributed by atoms with van der Waals surface area (Å²) in [6.07, 6.45) is -4.22. The molecule has 0 aliphatic rings. The smallest absolute Gasteiger partial charge is 0.444 e. The van der Waals surface area contributed by atoms with Crippen LogP contribution in [0.15, 0.2) is 42.5 Å². The highest BCUT2D eigenvalue weighted by Crippen LogP contribution is 2.31. The lowest BCUT2D eigenvalue weighted by Gasteiger charge is -2.17. The number of carbonyl (C=O) groups is 1. The van der Waals surface area contributed by atoms with Gasteiger partial charge in [0, 0.05) is 11.3 Å². The Balaban J connectivity index is 2.08. The first kappa shape index (κ1) is 21.5. The normalized spacial score (nSPS) is 12.4. The fourth-order valence-electron chi connectivity index (χ4n) is 2.01. The molecular weight excluding hydrogens is 413 g/mol. The molecule has 1 N–H and O–H groups in total. The zero-order valence-corrected chi connectivity index (χ0v) is 14.9. The summed E-state index contributed by atoms with van der Waals surface area (Å²) in [7, 11) is 1.21. The largest absolute Gasteiger partial charge is 0.493 e. The molecule has 1 atom stereocenters. The van der Waals surface area contributed by atoms with E-state index in [1.165, 1.54) is 31.4 Å². The number of amides is 1. The third-order valence-electron chi connectivity index (χ3n) is 3.26. The van der Waals surface area contributed by atoms with Crippen molar-refractivity contribution in [3.05, 3.63) is 48.0 Å². The van der Waals surface area contributed by atoms with Crippen molar-refractivity contribution >= 4 is 23.2 Å². The van der Waals surface area contributed by atoms with Gasteiger partial charge in [-0.1, -0.05) is 11.6 Å². The van der Waals surface area contributed by atoms with Crippen LogP contribution < -0.4 is 19.5 Å². The van der Waals surface area contributed by atoms with Crippen molar-refractivity contribution in [2.75, 3.05) is 12.4 Å². The van der Waals surface area contributed by atoms with Crippen LogP contribution >= 0.6 is 11.6 Å². The highest BCUT2D eigenvalue weighted by Gasteiger charge is 2.42. The van der Waals surface area contributed by atoms with Crippen molar-refractivity contribution in [1.29, 1.82) is 0 Å². The van der Waals surface area contributed by atoms with E-state index < -0.39 is 24.3 Å². The molecule has 0 aromatic heterocycles. The number of hydrogen-bond acceptors (Lipinski definition) is 4. The van der Waals surface area contributed by atoms with E-state index in [4.69, 9.17) is 16.3 Å². The number of ether oxygens (including phenoxy) is 3. The second kappa shape index (κ2) is 8.96. The Morgan fingerprint density at radius 2 is 1.71 bits per heavy atom. The molecule has 28 heavy (non-hydrogen) atoms. The number of methoxy groups -OCH3 is 1. The van der Waals surface area contributed by atoms with Gasteiger partial charge in [0.1, 0.15) is 5.75 Å². The van der Waals surface area contributed by atoms with Crippen molar-refractivity contribution in [1.82, 2.24) is 0 Å². The molecule has 1 amide bonds. The first-order chi connectivity index (χ1) is 13.1. The van der Waals surface area contributed by atoms with Gasteiger partial charge in [-0.3, -0.25) is 4.79 Å². The van der Waals surface area contributed by atoms with Gasteiger partial charge >= 0.3 is 12.7 Å². The van der Waals surface area contributed by atoms with Gasteiger partial charge in [0.05, 0.1) is 7.11 Å². The monoisotopic (exact) mass is 425 g/mol. The lowest BCUT2D eigenvalue weighted by Crippen LogP contribution is -2.32. The van der Waals surface area contributed by atoms with E-state index in [2.05, 4.69) is 14.8 Å². The number of carbonyl (C=O) groups excluding carboxylic acids is 1. The number of rotatable bonds is 8. The van der Waals surface area contributed by atoms with Gasteiger partial charge in [0.25, 0.3) is 11.5 Å². The maximum absolute atomic E-state index is 13.1. The Bertz CT molecular complexity index is 818. The van der Waals surface area contributed by atoms with E-state index in [9.17, 15) is 26.7 Å². The lowest BCUT2D eigenvalue weighted by molar-refractivity contribution is -0.199. The summed E-state index contributed by atoms with van der Waals surface area (Å²) in [6.45, 7) is -3.06. The van der Waals surface area contributed by atoms with Crippen LogP contribution in [0.3, 0.4) is 0 Å². The number of anilines is 1. The number of alkyl halides is 6. The Kier molecular flexibility index (Phi) is 6.90. The van der Waals surface area contributed by atoms with Crippen molar-refractivity contribution < 1.29 is 41.0 Å². The minimum Gasteiger partial charge on any atom is -0.493 e. The van der Waals surface area contributed by atoms with Gasteiger partial charge in [-0.2, -0.15) is 17.6 Å². The van der Waals surface area contributed by atoms with Crippen LogP contribution in [0, 0.1) is 0 Å². The van der Waals surface area contributed by atoms with Crippen molar-refractivity contribution in [2.45, 2.75) is 18.4 Å². The quantitative estimate of drug-likeness (QED) is 0.475. The first-order valence-electron chi connectivity index (χ1n) is 7.51. The van der Waals surface area contributed by atoms with Gasteiger partial charge in [-0.25, -0.2) is 4.39 Å². The van der Waals surface area contributed by atoms with E-state index in [0.717, 1.165) is 18.2 Å². The summed E-state index contributed by atoms with van der Waals surface area (Å²) in [5, 5.41) is 2.46. The third kappa shape index (κ3) is 5.62. The molecule has 0 radical (unpaired) electrons. The number of halogens is 6. The molecule has 5 nitrogen and oxygen atoms in total. The summed E-state index contributed by atoms with van der Waals surface area (Å²) >= 11 is 4.69. The molecule has 2 aromatic carbocycles. The highest BCUT2D eigenvalue weighted by atomic mass is 35.5. The molecule has 0 aliphatic heterocycles. The summed E-state index contributed by atoms with van der Waals surface area (Å²) < 4.78 is 76.6. The third-order valence-corrected chi connectivity index (χ3v) is 3.52. The minimum atomic E-state index is -4.22. The SMILES string of the molecule is COc1cc(C(=O)Nc2ccc(OC(F)(F)C(F)Cl)cc2)ccc1OC(F)F. The molecule has 0 spiro atoms. The highest BCUT2D eigenvalue weighted by molar-refractivity contribution is 6.20. The lowest BCUT2D eigenvalue weighted by atomic mass is 10.2. The maximum Gasteiger partial charge on any atom is 0.444 e. The summed E-state index contributed by atoms with van der Waals surface area (Å²) in [5.74, 6) is -1.34. The minimum absolute atomic E-state index is 0.0627. The van der Waals surface area contributed by atoms with Crippen LogP contribution in [0.2, 0.25) is 0 Å². The molecule has 2 aromatic rings. The second-order valence-corrected chi connectivity index (χ2v) is 5.57. The molecule has 2 rings (SSSR count). The molecule has 0 saturated carbocycles. The zero-order chi connectivity index (χ0) is 20.9. The van der Waals surface area contributed by atoms with Crippen LogP contribution in [-0.2, 0) is 0 Å². The Labute approximate surface area is 160 Å². The van der Waals surface area contributed by atoms with Gasteiger partial charge in [0.2, 0.25) is 0 Å². The molecule has 11 heteroatoms. The summed E-state index contributed by atoms with van der Waals surface area (Å²) in [5.41, 5.74) is -2.76. The molecule has 0 bridgehead atoms. The van der Waals surface area contributed by atoms with Crippen LogP contribution in [0.4, 0.5) is 27.6 Å². The van der Waals surface area contributed by atoms with Crippen LogP contribution in [-0.4, -0.2) is 31.4 Å². The standard InChI is InChI=1S/C17H13ClF5NO4/c1-26-13-8-9(2-7-12(13)27-16(20)21)14(25)24-10-3-5-11(6-4-10)28-17(22,23)15(18)19/h2-8,15-16H,1H3,(H,24,25). The van der Waals surface area contributed by atoms with E-state index in [1.54, 1.807) is 0 Å². The van der Waals surface area contributed by atoms with Crippen molar-refractivity contribution in [2.24, 2.45) is 0 Å². The van der Waals surface area contributed by atoms with E-state index in [0.29, 0.717) is 0 Å². The average molecular weight is 426 g/mol. The van der Waals surface area contributed by atoms with Gasteiger partial charge < -0.3 is 19.5 Å². The van der Waals surface area contributed by atoms with Gasteiger partial charge in [-0.05, 0) is 42.5 Å². The predicted molar refractivity (Wildman–Crippen MR) is 90.3 cm³/mol. The zero-order valence-electron chi connectivity index (χ0n) is 14.1. The summed E-state index contributed by atoms with van der Waals surface area (Å²) in [4.78, 5) is 12.2. The average Bonchev–Trinajstić information content (AvgIpc) is 2.62. The predicted octanol–water partition coefficient (Wildman–Crippen LogP) is 5.05. The Hall–Kier alpha value is -2.75. The van der Waals surface area contributed by atoms with Crippen molar-refractivity contribution in [3.8, 4) is 17.2 Å². The second-order valence-electron chi connectivity index (χ2n) is 5.19. The van der Waals surface area contributed by atoms with Gasteiger partial charge in [0.15, 0.2) is 11.5 Å². The molecule has 1 unspecified atom stereocenters. The van der Waals surface area contributed by atoms with Crippen LogP contribution in [0.25, 0.3) is 0 Å². The fourth-order valence-corrected chi connectivity index (χ4v) is 2.06. The molecular formula is C17H13ClF5NO4. The Morgan fingerprint density at radius 1 is 1.07 bits per heavy atom.